The number of ether oxygens (including phenoxy) is 1. The second kappa shape index (κ2) is 50.1. The van der Waals surface area contributed by atoms with Crippen LogP contribution in [0.3, 0.4) is 0 Å². The lowest BCUT2D eigenvalue weighted by Crippen LogP contribution is -2.27. The number of allylic oxidation sites excluding steroid dienone is 18. The Morgan fingerprint density at radius 3 is 1.32 bits per heavy atom. The van der Waals surface area contributed by atoms with Crippen LogP contribution < -0.4 is 5.32 Å². The van der Waals surface area contributed by atoms with Gasteiger partial charge in [-0.05, 0) is 103 Å². The Hall–Kier alpha value is -3.33. The van der Waals surface area contributed by atoms with E-state index in [1.165, 1.54) is 57.8 Å². The zero-order chi connectivity index (χ0) is 47.4. The summed E-state index contributed by atoms with van der Waals surface area (Å²) in [6, 6.07) is 0. The summed E-state index contributed by atoms with van der Waals surface area (Å²) in [5.74, 6) is -0.556. The maximum atomic E-state index is 12.2. The van der Waals surface area contributed by atoms with Crippen LogP contribution in [0.5, 0.6) is 0 Å². The number of aliphatic hydroxyl groups is 1. The van der Waals surface area contributed by atoms with Gasteiger partial charge in [-0.3, -0.25) is 18.6 Å². The standard InChI is InChI=1S/C55H92NO8P/c1-3-5-7-9-11-13-15-17-19-21-23-25-26-28-30-32-34-36-38-40-42-44-46-48-55(59)62-51-53(57)52-64-65(60,61)63-50-49-56-54(58)47-45-43-41-39-37-35-33-31-29-27-24-22-20-18-16-14-12-10-8-6-4-2/h5,7,11-14,17-20,23-25,27-28,30,34,36,53,57H,3-4,6,8-10,15-16,21-22,26,29,31-33,35,37-52H2,1-2H3,(H,56,58)(H,60,61)/b7-5-,13-11-,14-12-,19-17-,20-18-,25-23-,27-24-,30-28-,36-34-. The number of amides is 1. The molecule has 9 nitrogen and oxygen atoms in total. The Labute approximate surface area is 397 Å². The zero-order valence-corrected chi connectivity index (χ0v) is 41.8. The number of hydrogen-bond acceptors (Lipinski definition) is 7. The number of nitrogens with one attached hydrogen (secondary N) is 1. The van der Waals surface area contributed by atoms with Crippen LogP contribution in [-0.4, -0.2) is 54.3 Å². The number of esters is 1. The van der Waals surface area contributed by atoms with E-state index in [1.54, 1.807) is 0 Å². The smallest absolute Gasteiger partial charge is 0.463 e. The molecule has 1 amide bonds. The summed E-state index contributed by atoms with van der Waals surface area (Å²) in [6.07, 6.45) is 67.3. The van der Waals surface area contributed by atoms with Gasteiger partial charge in [0.05, 0.1) is 13.2 Å². The van der Waals surface area contributed by atoms with Gasteiger partial charge in [-0.15, -0.1) is 0 Å². The van der Waals surface area contributed by atoms with Crippen LogP contribution in [0.15, 0.2) is 109 Å². The summed E-state index contributed by atoms with van der Waals surface area (Å²) in [5, 5.41) is 12.7. The number of phosphoric ester groups is 1. The highest BCUT2D eigenvalue weighted by Gasteiger charge is 2.23. The highest BCUT2D eigenvalue weighted by molar-refractivity contribution is 7.47. The highest BCUT2D eigenvalue weighted by Crippen LogP contribution is 2.42. The van der Waals surface area contributed by atoms with E-state index < -0.39 is 26.5 Å². The molecule has 0 fully saturated rings. The summed E-state index contributed by atoms with van der Waals surface area (Å²) in [4.78, 5) is 34.1. The number of phosphoric acid groups is 1. The maximum Gasteiger partial charge on any atom is 0.472 e. The Kier molecular flexibility index (Phi) is 47.5. The van der Waals surface area contributed by atoms with Crippen LogP contribution in [0, 0.1) is 0 Å². The van der Waals surface area contributed by atoms with Crippen molar-refractivity contribution >= 4 is 19.7 Å². The lowest BCUT2D eigenvalue weighted by atomic mass is 10.1. The van der Waals surface area contributed by atoms with Crippen molar-refractivity contribution in [1.82, 2.24) is 5.32 Å². The van der Waals surface area contributed by atoms with Gasteiger partial charge >= 0.3 is 13.8 Å². The van der Waals surface area contributed by atoms with Crippen LogP contribution in [-0.2, 0) is 27.9 Å². The third kappa shape index (κ3) is 51.5. The van der Waals surface area contributed by atoms with Crippen LogP contribution in [0.1, 0.15) is 194 Å². The second-order valence-corrected chi connectivity index (χ2v) is 17.9. The van der Waals surface area contributed by atoms with E-state index in [1.807, 2.05) is 0 Å². The molecule has 0 saturated carbocycles. The fourth-order valence-electron chi connectivity index (χ4n) is 6.39. The van der Waals surface area contributed by atoms with Gasteiger partial charge in [0.15, 0.2) is 0 Å². The van der Waals surface area contributed by atoms with E-state index in [-0.39, 0.29) is 32.1 Å². The number of unbranched alkanes of at least 4 members (excludes halogenated alkanes) is 15. The lowest BCUT2D eigenvalue weighted by Gasteiger charge is -2.15. The fourth-order valence-corrected chi connectivity index (χ4v) is 7.15. The van der Waals surface area contributed by atoms with Crippen molar-refractivity contribution in [3.8, 4) is 0 Å². The van der Waals surface area contributed by atoms with Crippen molar-refractivity contribution < 1.29 is 37.9 Å². The number of aliphatic hydroxyl groups excluding tert-OH is 1. The first kappa shape index (κ1) is 61.7. The van der Waals surface area contributed by atoms with Crippen molar-refractivity contribution in [3.05, 3.63) is 109 Å². The molecular formula is C55H92NO8P. The molecule has 0 rings (SSSR count). The molecule has 0 aliphatic heterocycles. The predicted octanol–water partition coefficient (Wildman–Crippen LogP) is 15.1. The minimum Gasteiger partial charge on any atom is -0.463 e. The van der Waals surface area contributed by atoms with Crippen molar-refractivity contribution in [2.45, 2.75) is 200 Å². The molecule has 0 bridgehead atoms. The lowest BCUT2D eigenvalue weighted by molar-refractivity contribution is -0.147. The first-order chi connectivity index (χ1) is 31.8. The minimum absolute atomic E-state index is 0.0676. The molecule has 0 aromatic rings. The number of rotatable bonds is 46. The topological polar surface area (TPSA) is 131 Å². The second-order valence-electron chi connectivity index (χ2n) is 16.4. The van der Waals surface area contributed by atoms with Gasteiger partial charge < -0.3 is 20.1 Å². The molecule has 0 heterocycles. The predicted molar refractivity (Wildman–Crippen MR) is 275 cm³/mol. The van der Waals surface area contributed by atoms with Crippen molar-refractivity contribution in [3.63, 3.8) is 0 Å². The van der Waals surface area contributed by atoms with E-state index in [2.05, 4.69) is 129 Å². The van der Waals surface area contributed by atoms with Gasteiger partial charge in [0.1, 0.15) is 12.7 Å². The number of carbonyl (C=O) groups is 2. The van der Waals surface area contributed by atoms with Gasteiger partial charge in [0.25, 0.3) is 0 Å². The van der Waals surface area contributed by atoms with Crippen molar-refractivity contribution in [1.29, 1.82) is 0 Å². The van der Waals surface area contributed by atoms with Crippen LogP contribution in [0.2, 0.25) is 0 Å². The zero-order valence-electron chi connectivity index (χ0n) is 40.9. The first-order valence-corrected chi connectivity index (χ1v) is 26.9. The average molecular weight is 926 g/mol. The normalized spacial score (nSPS) is 14.1. The molecule has 3 N–H and O–H groups in total. The highest BCUT2D eigenvalue weighted by atomic mass is 31.2. The van der Waals surface area contributed by atoms with Crippen LogP contribution in [0.25, 0.3) is 0 Å². The monoisotopic (exact) mass is 926 g/mol. The van der Waals surface area contributed by atoms with E-state index in [0.717, 1.165) is 103 Å². The molecule has 2 atom stereocenters. The molecule has 0 aromatic heterocycles. The van der Waals surface area contributed by atoms with E-state index >= 15 is 0 Å². The van der Waals surface area contributed by atoms with Crippen LogP contribution in [0.4, 0.5) is 0 Å². The third-order valence-electron chi connectivity index (χ3n) is 10.2. The molecule has 370 valence electrons. The largest absolute Gasteiger partial charge is 0.472 e. The molecule has 0 radical (unpaired) electrons. The Balaban J connectivity index is 3.66. The summed E-state index contributed by atoms with van der Waals surface area (Å²) < 4.78 is 27.0. The third-order valence-corrected chi connectivity index (χ3v) is 11.2. The summed E-state index contributed by atoms with van der Waals surface area (Å²) in [6.45, 7) is 3.37. The molecule has 0 aliphatic carbocycles. The number of carbonyl (C=O) groups excluding carboxylic acids is 2. The summed E-state index contributed by atoms with van der Waals surface area (Å²) >= 11 is 0. The van der Waals surface area contributed by atoms with Gasteiger partial charge in [-0.25, -0.2) is 4.57 Å². The summed E-state index contributed by atoms with van der Waals surface area (Å²) in [5.41, 5.74) is 0. The fraction of sp³-hybridized carbons (Fsp3) is 0.636. The average Bonchev–Trinajstić information content (AvgIpc) is 3.29. The molecule has 65 heavy (non-hydrogen) atoms. The van der Waals surface area contributed by atoms with E-state index in [0.29, 0.717) is 12.8 Å². The molecule has 2 unspecified atom stereocenters. The van der Waals surface area contributed by atoms with Gasteiger partial charge in [-0.1, -0.05) is 187 Å². The van der Waals surface area contributed by atoms with Crippen LogP contribution >= 0.6 is 7.82 Å². The van der Waals surface area contributed by atoms with Crippen molar-refractivity contribution in [2.24, 2.45) is 0 Å². The molecule has 0 spiro atoms. The SMILES string of the molecule is CC/C=C\C/C=C\C/C=C\C/C=C\C/C=C\C/C=C\CCCCCCC(=O)OCC(O)COP(=O)(O)OCCNC(=O)CCCCCCCCCC/C=C\C/C=C\C/C=C\CCCCC. The molecule has 0 aromatic carbocycles. The molecular weight excluding hydrogens is 834 g/mol. The van der Waals surface area contributed by atoms with Gasteiger partial charge in [0, 0.05) is 19.4 Å². The Bertz CT molecular complexity index is 1430. The first-order valence-electron chi connectivity index (χ1n) is 25.4. The maximum absolute atomic E-state index is 12.2. The van der Waals surface area contributed by atoms with Gasteiger partial charge in [-0.2, -0.15) is 0 Å². The van der Waals surface area contributed by atoms with Gasteiger partial charge in [0.2, 0.25) is 5.91 Å². The number of hydrogen-bond donors (Lipinski definition) is 3. The molecule has 0 aliphatic rings. The van der Waals surface area contributed by atoms with E-state index in [9.17, 15) is 24.2 Å². The van der Waals surface area contributed by atoms with E-state index in [4.69, 9.17) is 13.8 Å². The minimum atomic E-state index is -4.44. The molecule has 10 heteroatoms. The quantitative estimate of drug-likeness (QED) is 0.0238. The van der Waals surface area contributed by atoms with Crippen molar-refractivity contribution in [2.75, 3.05) is 26.4 Å². The molecule has 0 saturated heterocycles. The Morgan fingerprint density at radius 1 is 0.492 bits per heavy atom. The summed E-state index contributed by atoms with van der Waals surface area (Å²) in [7, 11) is -4.44. The Morgan fingerprint density at radius 2 is 0.877 bits per heavy atom.